The zero-order chi connectivity index (χ0) is 15.6. The van der Waals surface area contributed by atoms with Crippen molar-refractivity contribution < 1.29 is 19.1 Å². The highest BCUT2D eigenvalue weighted by atomic mass is 32.2. The summed E-state index contributed by atoms with van der Waals surface area (Å²) >= 11 is 2.57. The van der Waals surface area contributed by atoms with Crippen LogP contribution in [-0.2, 0) is 5.75 Å². The molecule has 6 nitrogen and oxygen atoms in total. The molecule has 0 spiro atoms. The molecular formula is C13H14N2O4S2. The highest BCUT2D eigenvalue weighted by Gasteiger charge is 2.26. The number of furan rings is 1. The smallest absolute Gasteiger partial charge is 0.340 e. The lowest BCUT2D eigenvalue weighted by Gasteiger charge is -2.14. The van der Waals surface area contributed by atoms with Crippen molar-refractivity contribution in [2.75, 3.05) is 18.2 Å². The fourth-order valence-electron chi connectivity index (χ4n) is 1.80. The molecule has 0 aliphatic heterocycles. The van der Waals surface area contributed by atoms with Crippen LogP contribution in [0.1, 0.15) is 32.4 Å². The number of rotatable bonds is 5. The number of thioether (sulfide) groups is 1. The van der Waals surface area contributed by atoms with E-state index in [9.17, 15) is 14.7 Å². The Morgan fingerprint density at radius 3 is 2.81 bits per heavy atom. The molecular weight excluding hydrogens is 312 g/mol. The third kappa shape index (κ3) is 3.11. The minimum absolute atomic E-state index is 0.0479. The van der Waals surface area contributed by atoms with E-state index in [0.717, 1.165) is 11.5 Å². The van der Waals surface area contributed by atoms with Crippen LogP contribution in [0.2, 0.25) is 0 Å². The van der Waals surface area contributed by atoms with Gasteiger partial charge in [0.25, 0.3) is 5.91 Å². The molecule has 0 aliphatic carbocycles. The fourth-order valence-corrected chi connectivity index (χ4v) is 3.09. The topological polar surface area (TPSA) is 83.6 Å². The molecule has 8 heteroatoms. The van der Waals surface area contributed by atoms with E-state index < -0.39 is 11.9 Å². The second-order valence-electron chi connectivity index (χ2n) is 4.32. The predicted molar refractivity (Wildman–Crippen MR) is 82.5 cm³/mol. The average molecular weight is 326 g/mol. The van der Waals surface area contributed by atoms with Crippen molar-refractivity contribution in [1.29, 1.82) is 0 Å². The van der Waals surface area contributed by atoms with Gasteiger partial charge in [-0.1, -0.05) is 0 Å². The summed E-state index contributed by atoms with van der Waals surface area (Å²) in [5, 5.41) is 9.51. The summed E-state index contributed by atoms with van der Waals surface area (Å²) in [7, 11) is 1.51. The molecule has 0 aliphatic rings. The Kier molecular flexibility index (Phi) is 4.69. The number of hydrogen-bond acceptors (Lipinski definition) is 6. The Morgan fingerprint density at radius 2 is 2.19 bits per heavy atom. The normalized spacial score (nSPS) is 10.6. The standard InChI is InChI=1S/C13H14N2O4S2/c1-7-10(13(17)18)12(21-14-7)15(2)11(16)9-5-4-8(19-9)6-20-3/h4-5H,6H2,1-3H3,(H,17,18). The van der Waals surface area contributed by atoms with Crippen molar-refractivity contribution in [2.24, 2.45) is 0 Å². The Bertz CT molecular complexity index is 678. The molecule has 1 N–H and O–H groups in total. The van der Waals surface area contributed by atoms with Gasteiger partial charge in [-0.25, -0.2) is 4.79 Å². The lowest BCUT2D eigenvalue weighted by molar-refractivity contribution is 0.0697. The van der Waals surface area contributed by atoms with Crippen molar-refractivity contribution >= 4 is 40.2 Å². The summed E-state index contributed by atoms with van der Waals surface area (Å²) in [5.74, 6) is 0.0749. The van der Waals surface area contributed by atoms with Gasteiger partial charge in [-0.3, -0.25) is 9.69 Å². The zero-order valence-corrected chi connectivity index (χ0v) is 13.4. The number of carboxylic acids is 1. The van der Waals surface area contributed by atoms with E-state index in [1.54, 1.807) is 30.8 Å². The molecule has 1 amide bonds. The average Bonchev–Trinajstić information content (AvgIpc) is 3.04. The van der Waals surface area contributed by atoms with Crippen LogP contribution in [0.5, 0.6) is 0 Å². The highest BCUT2D eigenvalue weighted by molar-refractivity contribution is 7.97. The van der Waals surface area contributed by atoms with Crippen LogP contribution in [0, 0.1) is 6.92 Å². The lowest BCUT2D eigenvalue weighted by Crippen LogP contribution is -2.26. The second kappa shape index (κ2) is 6.31. The summed E-state index contributed by atoms with van der Waals surface area (Å²) in [6.45, 7) is 1.60. The first-order chi connectivity index (χ1) is 9.95. The van der Waals surface area contributed by atoms with Gasteiger partial charge >= 0.3 is 5.97 Å². The van der Waals surface area contributed by atoms with E-state index >= 15 is 0 Å². The largest absolute Gasteiger partial charge is 0.478 e. The van der Waals surface area contributed by atoms with Gasteiger partial charge in [0.05, 0.1) is 11.4 Å². The number of nitrogens with zero attached hydrogens (tertiary/aromatic N) is 2. The first-order valence-electron chi connectivity index (χ1n) is 6.01. The molecule has 2 aromatic rings. The molecule has 2 heterocycles. The summed E-state index contributed by atoms with van der Waals surface area (Å²) in [6.07, 6.45) is 1.94. The van der Waals surface area contributed by atoms with E-state index in [0.29, 0.717) is 22.2 Å². The van der Waals surface area contributed by atoms with Gasteiger partial charge in [0.1, 0.15) is 16.3 Å². The number of amides is 1. The van der Waals surface area contributed by atoms with Crippen molar-refractivity contribution in [3.63, 3.8) is 0 Å². The summed E-state index contributed by atoms with van der Waals surface area (Å²) in [4.78, 5) is 24.9. The van der Waals surface area contributed by atoms with Gasteiger partial charge in [0, 0.05) is 7.05 Å². The number of carbonyl (C=O) groups excluding carboxylic acids is 1. The zero-order valence-electron chi connectivity index (χ0n) is 11.7. The molecule has 2 rings (SSSR count). The summed E-state index contributed by atoms with van der Waals surface area (Å²) < 4.78 is 9.46. The van der Waals surface area contributed by atoms with Crippen molar-refractivity contribution in [1.82, 2.24) is 4.37 Å². The Morgan fingerprint density at radius 1 is 1.48 bits per heavy atom. The molecule has 0 saturated heterocycles. The van der Waals surface area contributed by atoms with E-state index in [-0.39, 0.29) is 11.3 Å². The number of hydrogen-bond donors (Lipinski definition) is 1. The SMILES string of the molecule is CSCc1ccc(C(=O)N(C)c2snc(C)c2C(=O)O)o1. The number of aromatic nitrogens is 1. The number of aromatic carboxylic acids is 1. The molecule has 112 valence electrons. The van der Waals surface area contributed by atoms with Gasteiger partial charge in [0.15, 0.2) is 5.76 Å². The number of anilines is 1. The van der Waals surface area contributed by atoms with Crippen LogP contribution in [0.3, 0.4) is 0 Å². The molecule has 0 bridgehead atoms. The van der Waals surface area contributed by atoms with E-state index in [2.05, 4.69) is 4.37 Å². The Labute approximate surface area is 129 Å². The van der Waals surface area contributed by atoms with Crippen LogP contribution >= 0.6 is 23.3 Å². The van der Waals surface area contributed by atoms with Gasteiger partial charge in [-0.05, 0) is 36.8 Å². The Hall–Kier alpha value is -1.80. The van der Waals surface area contributed by atoms with Crippen LogP contribution in [0.25, 0.3) is 0 Å². The Balaban J connectivity index is 2.28. The number of carboxylic acid groups (broad SMARTS) is 1. The van der Waals surface area contributed by atoms with E-state index in [4.69, 9.17) is 4.42 Å². The maximum Gasteiger partial charge on any atom is 0.340 e. The monoisotopic (exact) mass is 326 g/mol. The van der Waals surface area contributed by atoms with E-state index in [1.807, 2.05) is 6.26 Å². The number of carbonyl (C=O) groups is 2. The molecule has 0 saturated carbocycles. The maximum absolute atomic E-state index is 12.4. The molecule has 0 aromatic carbocycles. The molecule has 0 unspecified atom stereocenters. The molecule has 21 heavy (non-hydrogen) atoms. The van der Waals surface area contributed by atoms with Crippen molar-refractivity contribution in [3.05, 3.63) is 34.9 Å². The summed E-state index contributed by atoms with van der Waals surface area (Å²) in [5.41, 5.74) is 0.441. The number of aryl methyl sites for hydroxylation is 1. The quantitative estimate of drug-likeness (QED) is 0.909. The maximum atomic E-state index is 12.4. The van der Waals surface area contributed by atoms with Crippen molar-refractivity contribution in [2.45, 2.75) is 12.7 Å². The first-order valence-corrected chi connectivity index (χ1v) is 8.17. The summed E-state index contributed by atoms with van der Waals surface area (Å²) in [6, 6.07) is 3.34. The minimum atomic E-state index is -1.10. The van der Waals surface area contributed by atoms with Crippen LogP contribution < -0.4 is 4.90 Å². The predicted octanol–water partition coefficient (Wildman–Crippen LogP) is 2.88. The lowest BCUT2D eigenvalue weighted by atomic mass is 10.2. The molecule has 0 radical (unpaired) electrons. The second-order valence-corrected chi connectivity index (χ2v) is 5.93. The molecule has 2 aromatic heterocycles. The van der Waals surface area contributed by atoms with E-state index in [1.165, 1.54) is 11.9 Å². The van der Waals surface area contributed by atoms with Crippen LogP contribution in [0.15, 0.2) is 16.5 Å². The molecule has 0 fully saturated rings. The third-order valence-electron chi connectivity index (χ3n) is 2.83. The first kappa shape index (κ1) is 15.6. The van der Waals surface area contributed by atoms with Crippen LogP contribution in [-0.4, -0.2) is 34.7 Å². The fraction of sp³-hybridized carbons (Fsp3) is 0.308. The highest BCUT2D eigenvalue weighted by Crippen LogP contribution is 2.29. The van der Waals surface area contributed by atoms with Gasteiger partial charge in [-0.2, -0.15) is 16.1 Å². The van der Waals surface area contributed by atoms with Crippen molar-refractivity contribution in [3.8, 4) is 0 Å². The minimum Gasteiger partial charge on any atom is -0.478 e. The molecule has 0 atom stereocenters. The third-order valence-corrected chi connectivity index (χ3v) is 4.42. The van der Waals surface area contributed by atoms with Gasteiger partial charge in [0.2, 0.25) is 0 Å². The van der Waals surface area contributed by atoms with Crippen LogP contribution in [0.4, 0.5) is 5.00 Å². The van der Waals surface area contributed by atoms with Gasteiger partial charge < -0.3 is 9.52 Å². The van der Waals surface area contributed by atoms with Gasteiger partial charge in [-0.15, -0.1) is 0 Å².